The molecule has 2 unspecified atom stereocenters. The molecule has 0 spiro atoms. The Morgan fingerprint density at radius 1 is 1.39 bits per heavy atom. The van der Waals surface area contributed by atoms with Gasteiger partial charge in [-0.2, -0.15) is 0 Å². The van der Waals surface area contributed by atoms with Crippen molar-refractivity contribution >= 4 is 17.9 Å². The summed E-state index contributed by atoms with van der Waals surface area (Å²) in [6.07, 6.45) is 2.20. The van der Waals surface area contributed by atoms with Gasteiger partial charge in [0.25, 0.3) is 0 Å². The summed E-state index contributed by atoms with van der Waals surface area (Å²) in [4.78, 5) is 35.7. The molecule has 0 radical (unpaired) electrons. The topological polar surface area (TPSA) is 98.7 Å². The molecule has 1 saturated heterocycles. The van der Waals surface area contributed by atoms with Gasteiger partial charge in [0.05, 0.1) is 0 Å². The molecule has 1 aliphatic heterocycles. The van der Waals surface area contributed by atoms with Crippen LogP contribution in [-0.4, -0.2) is 53.6 Å². The minimum Gasteiger partial charge on any atom is -0.480 e. The predicted octanol–water partition coefficient (Wildman–Crippen LogP) is -0.620. The molecule has 3 N–H and O–H groups in total. The van der Waals surface area contributed by atoms with Gasteiger partial charge in [0, 0.05) is 13.6 Å². The van der Waals surface area contributed by atoms with Gasteiger partial charge in [-0.15, -0.1) is 0 Å². The van der Waals surface area contributed by atoms with Gasteiger partial charge in [0.1, 0.15) is 12.1 Å². The second-order valence-electron chi connectivity index (χ2n) is 4.87. The molecule has 0 aromatic rings. The van der Waals surface area contributed by atoms with Gasteiger partial charge in [-0.1, -0.05) is 0 Å². The molecule has 0 bridgehead atoms. The van der Waals surface area contributed by atoms with E-state index in [-0.39, 0.29) is 11.8 Å². The predicted molar refractivity (Wildman–Crippen MR) is 61.9 cm³/mol. The van der Waals surface area contributed by atoms with E-state index >= 15 is 0 Å². The molecule has 1 saturated carbocycles. The number of nitrogens with one attached hydrogen (secondary N) is 2. The average molecular weight is 255 g/mol. The number of aliphatic carboxylic acids is 1. The standard InChI is InChI=1S/C11H17N3O4/c1-14-5-4-7(9(14)15)12-11(18)13-8(10(16)17)6-2-3-6/h6-8H,2-5H2,1H3,(H,16,17)(H2,12,13,18). The molecular formula is C11H17N3O4. The van der Waals surface area contributed by atoms with Crippen LogP contribution in [0.4, 0.5) is 4.79 Å². The first-order valence-electron chi connectivity index (χ1n) is 6.04. The number of rotatable bonds is 4. The number of carbonyl (C=O) groups excluding carboxylic acids is 2. The molecular weight excluding hydrogens is 238 g/mol. The zero-order chi connectivity index (χ0) is 13.3. The van der Waals surface area contributed by atoms with E-state index in [1.54, 1.807) is 11.9 Å². The van der Waals surface area contributed by atoms with Gasteiger partial charge in [-0.3, -0.25) is 4.79 Å². The Morgan fingerprint density at radius 3 is 2.50 bits per heavy atom. The normalized spacial score (nSPS) is 24.8. The molecule has 0 aromatic heterocycles. The second kappa shape index (κ2) is 4.83. The van der Waals surface area contributed by atoms with Crippen molar-refractivity contribution in [3.63, 3.8) is 0 Å². The SMILES string of the molecule is CN1CCC(NC(=O)NC(C(=O)O)C2CC2)C1=O. The van der Waals surface area contributed by atoms with E-state index in [9.17, 15) is 14.4 Å². The molecule has 0 aromatic carbocycles. The molecule has 2 rings (SSSR count). The third-order valence-corrected chi connectivity index (χ3v) is 3.38. The lowest BCUT2D eigenvalue weighted by molar-refractivity contribution is -0.139. The Balaban J connectivity index is 1.84. The Labute approximate surface area is 105 Å². The minimum atomic E-state index is -1.03. The van der Waals surface area contributed by atoms with E-state index < -0.39 is 24.1 Å². The number of amides is 3. The lowest BCUT2D eigenvalue weighted by atomic mass is 10.2. The number of likely N-dealkylation sites (N-methyl/N-ethyl adjacent to an activating group) is 1. The maximum absolute atomic E-state index is 11.6. The highest BCUT2D eigenvalue weighted by molar-refractivity contribution is 5.90. The molecule has 2 fully saturated rings. The number of hydrogen-bond donors (Lipinski definition) is 3. The number of carboxylic acids is 1. The van der Waals surface area contributed by atoms with Crippen molar-refractivity contribution in [1.82, 2.24) is 15.5 Å². The molecule has 2 aliphatic rings. The van der Waals surface area contributed by atoms with E-state index in [0.717, 1.165) is 12.8 Å². The van der Waals surface area contributed by atoms with E-state index in [4.69, 9.17) is 5.11 Å². The Morgan fingerprint density at radius 2 is 2.06 bits per heavy atom. The van der Waals surface area contributed by atoms with Gasteiger partial charge in [-0.05, 0) is 25.2 Å². The first-order chi connectivity index (χ1) is 8.49. The van der Waals surface area contributed by atoms with Crippen LogP contribution in [0, 0.1) is 5.92 Å². The first-order valence-corrected chi connectivity index (χ1v) is 6.04. The maximum Gasteiger partial charge on any atom is 0.326 e. The van der Waals surface area contributed by atoms with Crippen molar-refractivity contribution in [1.29, 1.82) is 0 Å². The van der Waals surface area contributed by atoms with E-state index in [2.05, 4.69) is 10.6 Å². The van der Waals surface area contributed by atoms with Gasteiger partial charge in [-0.25, -0.2) is 9.59 Å². The van der Waals surface area contributed by atoms with E-state index in [1.807, 2.05) is 0 Å². The first kappa shape index (κ1) is 12.7. The van der Waals surface area contributed by atoms with Crippen LogP contribution in [0.25, 0.3) is 0 Å². The fraction of sp³-hybridized carbons (Fsp3) is 0.727. The van der Waals surface area contributed by atoms with Gasteiger partial charge >= 0.3 is 12.0 Å². The smallest absolute Gasteiger partial charge is 0.326 e. The molecule has 7 nitrogen and oxygen atoms in total. The van der Waals surface area contributed by atoms with Crippen LogP contribution in [0.2, 0.25) is 0 Å². The van der Waals surface area contributed by atoms with Crippen LogP contribution in [0.5, 0.6) is 0 Å². The van der Waals surface area contributed by atoms with Crippen molar-refractivity contribution < 1.29 is 19.5 Å². The molecule has 100 valence electrons. The monoisotopic (exact) mass is 255 g/mol. The molecule has 1 heterocycles. The number of carboxylic acid groups (broad SMARTS) is 1. The number of likely N-dealkylation sites (tertiary alicyclic amines) is 1. The van der Waals surface area contributed by atoms with Gasteiger partial charge in [0.2, 0.25) is 5.91 Å². The summed E-state index contributed by atoms with van der Waals surface area (Å²) >= 11 is 0. The van der Waals surface area contributed by atoms with Crippen molar-refractivity contribution in [2.75, 3.05) is 13.6 Å². The third kappa shape index (κ3) is 2.72. The van der Waals surface area contributed by atoms with Crippen LogP contribution in [-0.2, 0) is 9.59 Å². The van der Waals surface area contributed by atoms with E-state index in [1.165, 1.54) is 0 Å². The number of carbonyl (C=O) groups is 3. The van der Waals surface area contributed by atoms with E-state index in [0.29, 0.717) is 13.0 Å². The highest BCUT2D eigenvalue weighted by Crippen LogP contribution is 2.32. The zero-order valence-corrected chi connectivity index (χ0v) is 10.2. The zero-order valence-electron chi connectivity index (χ0n) is 10.2. The minimum absolute atomic E-state index is 0.0233. The van der Waals surface area contributed by atoms with Crippen molar-refractivity contribution in [2.45, 2.75) is 31.3 Å². The third-order valence-electron chi connectivity index (χ3n) is 3.38. The highest BCUT2D eigenvalue weighted by atomic mass is 16.4. The highest BCUT2D eigenvalue weighted by Gasteiger charge is 2.38. The maximum atomic E-state index is 11.6. The second-order valence-corrected chi connectivity index (χ2v) is 4.87. The summed E-state index contributed by atoms with van der Waals surface area (Å²) in [6, 6.07) is -1.97. The van der Waals surface area contributed by atoms with Crippen molar-refractivity contribution in [3.05, 3.63) is 0 Å². The Kier molecular flexibility index (Phi) is 3.40. The largest absolute Gasteiger partial charge is 0.480 e. The average Bonchev–Trinajstić information content (AvgIpc) is 3.09. The van der Waals surface area contributed by atoms with Gasteiger partial charge < -0.3 is 20.6 Å². The van der Waals surface area contributed by atoms with Crippen molar-refractivity contribution in [2.24, 2.45) is 5.92 Å². The summed E-state index contributed by atoms with van der Waals surface area (Å²) in [5.41, 5.74) is 0. The quantitative estimate of drug-likeness (QED) is 0.623. The molecule has 18 heavy (non-hydrogen) atoms. The molecule has 3 amide bonds. The van der Waals surface area contributed by atoms with Crippen molar-refractivity contribution in [3.8, 4) is 0 Å². The summed E-state index contributed by atoms with van der Waals surface area (Å²) in [7, 11) is 1.67. The Bertz CT molecular complexity index is 380. The van der Waals surface area contributed by atoms with Crippen LogP contribution >= 0.6 is 0 Å². The molecule has 7 heteroatoms. The fourth-order valence-electron chi connectivity index (χ4n) is 2.11. The molecule has 1 aliphatic carbocycles. The number of urea groups is 1. The summed E-state index contributed by atoms with van der Waals surface area (Å²) < 4.78 is 0. The summed E-state index contributed by atoms with van der Waals surface area (Å²) in [6.45, 7) is 0.606. The van der Waals surface area contributed by atoms with Crippen LogP contribution in [0.3, 0.4) is 0 Å². The van der Waals surface area contributed by atoms with Crippen LogP contribution in [0.1, 0.15) is 19.3 Å². The number of hydrogen-bond acceptors (Lipinski definition) is 3. The summed E-state index contributed by atoms with van der Waals surface area (Å²) in [5.74, 6) is -1.14. The van der Waals surface area contributed by atoms with Gasteiger partial charge in [0.15, 0.2) is 0 Å². The Hall–Kier alpha value is -1.79. The number of nitrogens with zero attached hydrogens (tertiary/aromatic N) is 1. The van der Waals surface area contributed by atoms with Crippen LogP contribution in [0.15, 0.2) is 0 Å². The molecule has 2 atom stereocenters. The van der Waals surface area contributed by atoms with Crippen LogP contribution < -0.4 is 10.6 Å². The lowest BCUT2D eigenvalue weighted by Crippen LogP contribution is -2.51. The lowest BCUT2D eigenvalue weighted by Gasteiger charge is -2.17. The summed E-state index contributed by atoms with van der Waals surface area (Å²) in [5, 5.41) is 13.9. The fourth-order valence-corrected chi connectivity index (χ4v) is 2.11.